The molecule has 0 aliphatic carbocycles. The Morgan fingerprint density at radius 3 is 2.47 bits per heavy atom. The Labute approximate surface area is 108 Å². The Balaban J connectivity index is 4.43. The van der Waals surface area contributed by atoms with Gasteiger partial charge in [0, 0.05) is 17.9 Å². The molecule has 19 heavy (non-hydrogen) atoms. The molecule has 0 fully saturated rings. The zero-order valence-electron chi connectivity index (χ0n) is 9.96. The molecule has 0 aromatic carbocycles. The summed E-state index contributed by atoms with van der Waals surface area (Å²) in [5, 5.41) is 41.8. The maximum Gasteiger partial charge on any atom is 0.220 e. The van der Waals surface area contributed by atoms with Crippen LogP contribution in [0, 0.1) is 0 Å². The number of carbonyl (C=O) groups is 2. The molecule has 0 aromatic rings. The van der Waals surface area contributed by atoms with Crippen LogP contribution in [0.4, 0.5) is 0 Å². The topological polar surface area (TPSA) is 176 Å². The van der Waals surface area contributed by atoms with Crippen molar-refractivity contribution in [3.8, 4) is 0 Å². The minimum absolute atomic E-state index is 0.119. The van der Waals surface area contributed by atoms with E-state index in [9.17, 15) is 19.8 Å². The predicted molar refractivity (Wildman–Crippen MR) is 61.7 cm³/mol. The predicted octanol–water partition coefficient (Wildman–Crippen LogP) is -2.55. The van der Waals surface area contributed by atoms with Crippen LogP contribution in [0.5, 0.6) is 0 Å². The molecule has 10 nitrogen and oxygen atoms in total. The number of rotatable bonds is 9. The van der Waals surface area contributed by atoms with Crippen LogP contribution in [0.1, 0.15) is 6.42 Å². The number of hydrogen-bond donors (Lipinski definition) is 5. The summed E-state index contributed by atoms with van der Waals surface area (Å²) < 4.78 is 0. The molecule has 10 heteroatoms. The number of hydrogen-bond acceptors (Lipinski definition) is 7. The number of carbonyl (C=O) groups excluding carboxylic acids is 2. The molecule has 1 amide bonds. The van der Waals surface area contributed by atoms with Gasteiger partial charge in [-0.2, -0.15) is 0 Å². The summed E-state index contributed by atoms with van der Waals surface area (Å²) in [7, 11) is 0. The molecule has 0 aliphatic heterocycles. The third-order valence-corrected chi connectivity index (χ3v) is 2.28. The number of amides is 1. The third-order valence-electron chi connectivity index (χ3n) is 2.28. The number of azide groups is 1. The molecule has 0 saturated carbocycles. The molecule has 0 rings (SSSR count). The van der Waals surface area contributed by atoms with Crippen LogP contribution in [0.15, 0.2) is 5.11 Å². The molecule has 0 aliphatic rings. The van der Waals surface area contributed by atoms with Gasteiger partial charge < -0.3 is 30.5 Å². The molecule has 0 heterocycles. The van der Waals surface area contributed by atoms with Crippen molar-refractivity contribution in [3.63, 3.8) is 0 Å². The standard InChI is InChI=1S/C9H16N4O6/c10-13-11-2-1-7(17)12-5(3-14)8(18)9(19)6(16)4-15/h3,5-6,8-9,15-16,18-19H,1-2,4H2,(H,12,17)/t5-,6-,8-,9-/m1/s1. The molecular formula is C9H16N4O6. The van der Waals surface area contributed by atoms with Crippen molar-refractivity contribution in [1.29, 1.82) is 0 Å². The third kappa shape index (κ3) is 6.13. The van der Waals surface area contributed by atoms with Crippen molar-refractivity contribution >= 4 is 12.2 Å². The van der Waals surface area contributed by atoms with Crippen LogP contribution in [0.25, 0.3) is 10.4 Å². The van der Waals surface area contributed by atoms with Gasteiger partial charge in [-0.3, -0.25) is 4.79 Å². The van der Waals surface area contributed by atoms with Gasteiger partial charge >= 0.3 is 0 Å². The van der Waals surface area contributed by atoms with Crippen molar-refractivity contribution in [2.45, 2.75) is 30.8 Å². The minimum Gasteiger partial charge on any atom is -0.394 e. The summed E-state index contributed by atoms with van der Waals surface area (Å²) in [6.07, 6.45) is -5.22. The first-order valence-electron chi connectivity index (χ1n) is 5.38. The van der Waals surface area contributed by atoms with Gasteiger partial charge in [-0.1, -0.05) is 5.11 Å². The van der Waals surface area contributed by atoms with Gasteiger partial charge in [-0.05, 0) is 5.53 Å². The SMILES string of the molecule is [N-]=[N+]=NCCC(=O)N[C@H](C=O)[C@@H](O)[C@H](O)[C@H](O)CO. The quantitative estimate of drug-likeness (QED) is 0.134. The highest BCUT2D eigenvalue weighted by Gasteiger charge is 2.31. The largest absolute Gasteiger partial charge is 0.394 e. The molecule has 108 valence electrons. The van der Waals surface area contributed by atoms with Crippen molar-refractivity contribution in [3.05, 3.63) is 10.4 Å². The maximum absolute atomic E-state index is 11.3. The Hall–Kier alpha value is -1.71. The fourth-order valence-corrected chi connectivity index (χ4v) is 1.20. The average Bonchev–Trinajstić information content (AvgIpc) is 2.42. The molecule has 0 aromatic heterocycles. The molecule has 0 bridgehead atoms. The smallest absolute Gasteiger partial charge is 0.220 e. The van der Waals surface area contributed by atoms with Crippen LogP contribution < -0.4 is 5.32 Å². The van der Waals surface area contributed by atoms with Crippen molar-refractivity contribution < 1.29 is 30.0 Å². The second-order valence-corrected chi connectivity index (χ2v) is 3.66. The Morgan fingerprint density at radius 1 is 1.37 bits per heavy atom. The van der Waals surface area contributed by atoms with E-state index in [4.69, 9.17) is 15.7 Å². The number of aliphatic hydroxyl groups is 4. The lowest BCUT2D eigenvalue weighted by molar-refractivity contribution is -0.130. The summed E-state index contributed by atoms with van der Waals surface area (Å²) in [5.74, 6) is -0.672. The van der Waals surface area contributed by atoms with Gasteiger partial charge in [-0.15, -0.1) is 0 Å². The summed E-state index contributed by atoms with van der Waals surface area (Å²) in [4.78, 5) is 24.4. The highest BCUT2D eigenvalue weighted by molar-refractivity contribution is 5.80. The first-order valence-corrected chi connectivity index (χ1v) is 5.38. The Kier molecular flexibility index (Phi) is 8.42. The summed E-state index contributed by atoms with van der Waals surface area (Å²) in [6, 6.07) is -1.45. The normalized spacial score (nSPS) is 16.6. The van der Waals surface area contributed by atoms with Gasteiger partial charge in [-0.25, -0.2) is 0 Å². The van der Waals surface area contributed by atoms with E-state index in [-0.39, 0.29) is 19.3 Å². The fourth-order valence-electron chi connectivity index (χ4n) is 1.20. The van der Waals surface area contributed by atoms with Crippen LogP contribution in [-0.2, 0) is 9.59 Å². The second-order valence-electron chi connectivity index (χ2n) is 3.66. The van der Waals surface area contributed by atoms with E-state index in [0.29, 0.717) is 0 Å². The van der Waals surface area contributed by atoms with Crippen LogP contribution in [0.2, 0.25) is 0 Å². The van der Waals surface area contributed by atoms with E-state index in [1.807, 2.05) is 0 Å². The van der Waals surface area contributed by atoms with E-state index in [1.54, 1.807) is 0 Å². The van der Waals surface area contributed by atoms with Crippen LogP contribution >= 0.6 is 0 Å². The number of aldehydes is 1. The molecule has 0 radical (unpaired) electrons. The first-order chi connectivity index (χ1) is 8.97. The lowest BCUT2D eigenvalue weighted by Crippen LogP contribution is -2.53. The van der Waals surface area contributed by atoms with Gasteiger partial charge in [0.15, 0.2) is 0 Å². The van der Waals surface area contributed by atoms with Gasteiger partial charge in [0.05, 0.1) is 6.61 Å². The second kappa shape index (κ2) is 9.25. The van der Waals surface area contributed by atoms with Crippen molar-refractivity contribution in [1.82, 2.24) is 5.32 Å². The molecule has 4 atom stereocenters. The number of aliphatic hydroxyl groups excluding tert-OH is 4. The Morgan fingerprint density at radius 2 is 2.00 bits per heavy atom. The van der Waals surface area contributed by atoms with Crippen LogP contribution in [-0.4, -0.2) is 70.1 Å². The molecule has 0 unspecified atom stereocenters. The monoisotopic (exact) mass is 276 g/mol. The highest BCUT2D eigenvalue weighted by atomic mass is 16.4. The number of nitrogens with zero attached hydrogens (tertiary/aromatic N) is 3. The van der Waals surface area contributed by atoms with Crippen molar-refractivity contribution in [2.75, 3.05) is 13.2 Å². The summed E-state index contributed by atoms with van der Waals surface area (Å²) >= 11 is 0. The van der Waals surface area contributed by atoms with E-state index in [2.05, 4.69) is 15.3 Å². The summed E-state index contributed by atoms with van der Waals surface area (Å²) in [5.41, 5.74) is 8.00. The van der Waals surface area contributed by atoms with Gasteiger partial charge in [0.2, 0.25) is 5.91 Å². The maximum atomic E-state index is 11.3. The van der Waals surface area contributed by atoms with Gasteiger partial charge in [0.1, 0.15) is 30.6 Å². The summed E-state index contributed by atoms with van der Waals surface area (Å²) in [6.45, 7) is -0.930. The molecule has 0 spiro atoms. The first kappa shape index (κ1) is 17.3. The fraction of sp³-hybridized carbons (Fsp3) is 0.778. The van der Waals surface area contributed by atoms with Crippen LogP contribution in [0.3, 0.4) is 0 Å². The van der Waals surface area contributed by atoms with E-state index in [1.165, 1.54) is 0 Å². The molecular weight excluding hydrogens is 260 g/mol. The minimum atomic E-state index is -1.79. The lowest BCUT2D eigenvalue weighted by Gasteiger charge is -2.26. The average molecular weight is 276 g/mol. The Bertz CT molecular complexity index is 346. The van der Waals surface area contributed by atoms with E-state index in [0.717, 1.165) is 0 Å². The van der Waals surface area contributed by atoms with Gasteiger partial charge in [0.25, 0.3) is 0 Å². The zero-order chi connectivity index (χ0) is 14.8. The van der Waals surface area contributed by atoms with E-state index < -0.39 is 36.9 Å². The zero-order valence-corrected chi connectivity index (χ0v) is 9.96. The lowest BCUT2D eigenvalue weighted by atomic mass is 10.0. The highest BCUT2D eigenvalue weighted by Crippen LogP contribution is 2.04. The number of nitrogens with one attached hydrogen (secondary N) is 1. The van der Waals surface area contributed by atoms with Crippen molar-refractivity contribution in [2.24, 2.45) is 5.11 Å². The van der Waals surface area contributed by atoms with E-state index >= 15 is 0 Å². The molecule has 0 saturated heterocycles. The molecule has 5 N–H and O–H groups in total.